The number of carbonyl (C=O) groups is 2. The summed E-state index contributed by atoms with van der Waals surface area (Å²) in [5.41, 5.74) is 0.943. The van der Waals surface area contributed by atoms with Crippen LogP contribution < -0.4 is 4.74 Å². The van der Waals surface area contributed by atoms with E-state index in [0.717, 1.165) is 17.7 Å². The molecule has 0 aliphatic heterocycles. The molecule has 5 nitrogen and oxygen atoms in total. The smallest absolute Gasteiger partial charge is 0.314 e. The van der Waals surface area contributed by atoms with Gasteiger partial charge in [0.2, 0.25) is 0 Å². The monoisotopic (exact) mass is 426 g/mol. The molecule has 2 aromatic carbocycles. The molecule has 1 atom stereocenters. The van der Waals surface area contributed by atoms with Gasteiger partial charge in [-0.3, -0.25) is 9.59 Å². The molecule has 0 saturated heterocycles. The van der Waals surface area contributed by atoms with Crippen LogP contribution in [0.15, 0.2) is 54.6 Å². The quantitative estimate of drug-likeness (QED) is 0.458. The third-order valence-electron chi connectivity index (χ3n) is 4.55. The highest BCUT2D eigenvalue weighted by molar-refractivity contribution is 5.84. The molecule has 5 heteroatoms. The Morgan fingerprint density at radius 3 is 2.16 bits per heavy atom. The Bertz CT molecular complexity index is 819. The minimum atomic E-state index is -0.743. The van der Waals surface area contributed by atoms with Crippen molar-refractivity contribution in [1.29, 1.82) is 0 Å². The summed E-state index contributed by atoms with van der Waals surface area (Å²) in [5, 5.41) is 0. The van der Waals surface area contributed by atoms with E-state index < -0.39 is 23.5 Å². The predicted octanol–water partition coefficient (Wildman–Crippen LogP) is 5.67. The number of hydrogen-bond acceptors (Lipinski definition) is 5. The maximum atomic E-state index is 12.8. The number of ether oxygens (including phenoxy) is 3. The molecule has 0 amide bonds. The van der Waals surface area contributed by atoms with Gasteiger partial charge < -0.3 is 14.2 Å². The maximum Gasteiger partial charge on any atom is 0.314 e. The molecule has 1 unspecified atom stereocenters. The maximum absolute atomic E-state index is 12.8. The zero-order valence-corrected chi connectivity index (χ0v) is 19.2. The fourth-order valence-electron chi connectivity index (χ4n) is 2.88. The molecule has 168 valence electrons. The van der Waals surface area contributed by atoms with Gasteiger partial charge in [0.25, 0.3) is 0 Å². The molecule has 2 rings (SSSR count). The van der Waals surface area contributed by atoms with Gasteiger partial charge in [0.15, 0.2) is 0 Å². The molecule has 0 saturated carbocycles. The van der Waals surface area contributed by atoms with Crippen molar-refractivity contribution in [3.05, 3.63) is 65.7 Å². The molecule has 31 heavy (non-hydrogen) atoms. The van der Waals surface area contributed by atoms with E-state index in [1.54, 1.807) is 20.8 Å². The SMILES string of the molecule is CC(C)CCOc1ccc(C(CC(=O)OCc2ccccc2)C(=O)OC(C)(C)C)cc1. The van der Waals surface area contributed by atoms with Crippen LogP contribution in [0.2, 0.25) is 0 Å². The zero-order valence-electron chi connectivity index (χ0n) is 19.2. The number of benzene rings is 2. The highest BCUT2D eigenvalue weighted by atomic mass is 16.6. The lowest BCUT2D eigenvalue weighted by Crippen LogP contribution is -2.29. The van der Waals surface area contributed by atoms with E-state index in [9.17, 15) is 9.59 Å². The third-order valence-corrected chi connectivity index (χ3v) is 4.55. The number of esters is 2. The van der Waals surface area contributed by atoms with Crippen molar-refractivity contribution in [1.82, 2.24) is 0 Å². The summed E-state index contributed by atoms with van der Waals surface area (Å²) in [7, 11) is 0. The van der Waals surface area contributed by atoms with Gasteiger partial charge in [0.05, 0.1) is 18.9 Å². The lowest BCUT2D eigenvalue weighted by atomic mass is 9.95. The van der Waals surface area contributed by atoms with Crippen molar-refractivity contribution in [2.75, 3.05) is 6.61 Å². The summed E-state index contributed by atoms with van der Waals surface area (Å²) in [4.78, 5) is 25.3. The highest BCUT2D eigenvalue weighted by Crippen LogP contribution is 2.27. The number of hydrogen-bond donors (Lipinski definition) is 0. The molecule has 0 aliphatic carbocycles. The largest absolute Gasteiger partial charge is 0.494 e. The average molecular weight is 427 g/mol. The Morgan fingerprint density at radius 1 is 0.935 bits per heavy atom. The van der Waals surface area contributed by atoms with Crippen LogP contribution >= 0.6 is 0 Å². The van der Waals surface area contributed by atoms with Crippen LogP contribution in [0.3, 0.4) is 0 Å². The van der Waals surface area contributed by atoms with Crippen molar-refractivity contribution in [2.24, 2.45) is 5.92 Å². The molecular weight excluding hydrogens is 392 g/mol. The van der Waals surface area contributed by atoms with Gasteiger partial charge in [-0.15, -0.1) is 0 Å². The van der Waals surface area contributed by atoms with Gasteiger partial charge in [-0.05, 0) is 56.4 Å². The molecule has 0 aromatic heterocycles. The fourth-order valence-corrected chi connectivity index (χ4v) is 2.88. The van der Waals surface area contributed by atoms with E-state index in [1.807, 2.05) is 54.6 Å². The summed E-state index contributed by atoms with van der Waals surface area (Å²) in [6.45, 7) is 10.5. The first-order valence-corrected chi connectivity index (χ1v) is 10.8. The molecule has 0 aliphatic rings. The van der Waals surface area contributed by atoms with E-state index in [1.165, 1.54) is 0 Å². The van der Waals surface area contributed by atoms with Gasteiger partial charge in [-0.2, -0.15) is 0 Å². The van der Waals surface area contributed by atoms with Gasteiger partial charge in [-0.1, -0.05) is 56.3 Å². The predicted molar refractivity (Wildman–Crippen MR) is 121 cm³/mol. The summed E-state index contributed by atoms with van der Waals surface area (Å²) in [6, 6.07) is 16.7. The lowest BCUT2D eigenvalue weighted by molar-refractivity contribution is -0.160. The van der Waals surface area contributed by atoms with E-state index >= 15 is 0 Å². The Balaban J connectivity index is 2.07. The van der Waals surface area contributed by atoms with Crippen LogP contribution in [-0.2, 0) is 25.7 Å². The number of rotatable bonds is 10. The molecule has 0 heterocycles. The second-order valence-corrected chi connectivity index (χ2v) is 9.04. The van der Waals surface area contributed by atoms with Crippen LogP contribution in [0.25, 0.3) is 0 Å². The molecule has 0 fully saturated rings. The van der Waals surface area contributed by atoms with Crippen LogP contribution in [-0.4, -0.2) is 24.1 Å². The number of carbonyl (C=O) groups excluding carboxylic acids is 2. The van der Waals surface area contributed by atoms with Crippen molar-refractivity contribution < 1.29 is 23.8 Å². The van der Waals surface area contributed by atoms with Crippen molar-refractivity contribution in [3.63, 3.8) is 0 Å². The Labute approximate surface area is 185 Å². The van der Waals surface area contributed by atoms with Crippen molar-refractivity contribution >= 4 is 11.9 Å². The van der Waals surface area contributed by atoms with E-state index in [-0.39, 0.29) is 13.0 Å². The second kappa shape index (κ2) is 11.5. The van der Waals surface area contributed by atoms with Crippen LogP contribution in [0, 0.1) is 5.92 Å². The van der Waals surface area contributed by atoms with Gasteiger partial charge in [0, 0.05) is 0 Å². The summed E-state index contributed by atoms with van der Waals surface area (Å²) in [5.74, 6) is -0.335. The van der Waals surface area contributed by atoms with Crippen molar-refractivity contribution in [3.8, 4) is 5.75 Å². The van der Waals surface area contributed by atoms with Gasteiger partial charge >= 0.3 is 11.9 Å². The molecule has 0 spiro atoms. The zero-order chi connectivity index (χ0) is 22.9. The molecule has 2 aromatic rings. The van der Waals surface area contributed by atoms with Crippen LogP contribution in [0.5, 0.6) is 5.75 Å². The first-order valence-electron chi connectivity index (χ1n) is 10.8. The summed E-state index contributed by atoms with van der Waals surface area (Å²) in [6.07, 6.45) is 0.880. The average Bonchev–Trinajstić information content (AvgIpc) is 2.70. The van der Waals surface area contributed by atoms with E-state index in [4.69, 9.17) is 14.2 Å². The van der Waals surface area contributed by atoms with Gasteiger partial charge in [0.1, 0.15) is 18.0 Å². The highest BCUT2D eigenvalue weighted by Gasteiger charge is 2.29. The van der Waals surface area contributed by atoms with E-state index in [0.29, 0.717) is 18.1 Å². The first kappa shape index (κ1) is 24.4. The first-order chi connectivity index (χ1) is 14.6. The van der Waals surface area contributed by atoms with Crippen LogP contribution in [0.4, 0.5) is 0 Å². The summed E-state index contributed by atoms with van der Waals surface area (Å²) < 4.78 is 16.7. The lowest BCUT2D eigenvalue weighted by Gasteiger charge is -2.24. The molecule has 0 bridgehead atoms. The Morgan fingerprint density at radius 2 is 1.58 bits per heavy atom. The standard InChI is InChI=1S/C26H34O5/c1-19(2)15-16-29-22-13-11-21(12-14-22)23(25(28)31-26(3,4)5)17-24(27)30-18-20-9-7-6-8-10-20/h6-14,19,23H,15-18H2,1-5H3. The Kier molecular flexibility index (Phi) is 9.10. The topological polar surface area (TPSA) is 61.8 Å². The van der Waals surface area contributed by atoms with E-state index in [2.05, 4.69) is 13.8 Å². The van der Waals surface area contributed by atoms with Crippen LogP contribution in [0.1, 0.15) is 64.5 Å². The van der Waals surface area contributed by atoms with Crippen molar-refractivity contribution in [2.45, 2.75) is 65.6 Å². The second-order valence-electron chi connectivity index (χ2n) is 9.04. The fraction of sp³-hybridized carbons (Fsp3) is 0.462. The third kappa shape index (κ3) is 9.24. The molecule has 0 N–H and O–H groups in total. The summed E-state index contributed by atoms with van der Waals surface area (Å²) >= 11 is 0. The molecule has 0 radical (unpaired) electrons. The minimum Gasteiger partial charge on any atom is -0.494 e. The normalized spacial score (nSPS) is 12.3. The minimum absolute atomic E-state index is 0.0880. The van der Waals surface area contributed by atoms with Gasteiger partial charge in [-0.25, -0.2) is 0 Å². The Hall–Kier alpha value is -2.82. The molecular formula is C26H34O5.